The van der Waals surface area contributed by atoms with Gasteiger partial charge in [0, 0.05) is 85.9 Å². The van der Waals surface area contributed by atoms with Crippen LogP contribution in [0.4, 0.5) is 0 Å². The maximum Gasteiger partial charge on any atom is 0.373 e. The summed E-state index contributed by atoms with van der Waals surface area (Å²) < 4.78 is 8.60. The predicted octanol–water partition coefficient (Wildman–Crippen LogP) is 6.95. The van der Waals surface area contributed by atoms with Gasteiger partial charge >= 0.3 is 6.15 Å². The second-order valence-electron chi connectivity index (χ2n) is 14.5. The molecule has 62 heavy (non-hydrogen) atoms. The quantitative estimate of drug-likeness (QED) is 0.126. The maximum atomic E-state index is 13.1. The average molecular weight is 923 g/mol. The number of imidazole rings is 2. The molecule has 2 fully saturated rings. The van der Waals surface area contributed by atoms with Crippen molar-refractivity contribution in [3.05, 3.63) is 117 Å². The molecule has 2 aliphatic heterocycles. The van der Waals surface area contributed by atoms with Crippen molar-refractivity contribution in [2.45, 2.75) is 26.2 Å². The highest BCUT2D eigenvalue weighted by Gasteiger charge is 2.26. The van der Waals surface area contributed by atoms with Crippen LogP contribution < -0.4 is 0 Å². The number of fused-ring (bicyclic) bond motifs is 2. The zero-order valence-corrected chi connectivity index (χ0v) is 36.9. The summed E-state index contributed by atoms with van der Waals surface area (Å²) >= 11 is 24.5. The molecule has 14 nitrogen and oxygen atoms in total. The SMILES string of the molecule is CCCN1CCN(C(=O)Cc2c(-c3ccc(Cl)cc3)nc3ccc(Cl)cn23)CC1.O=C=O.O=COCN1CCN(C(=O)Cc2c(-c3ccc(Cl)cc3)nc3ccc(Cl)cn23)CC1. The van der Waals surface area contributed by atoms with Crippen LogP contribution in [0.3, 0.4) is 0 Å². The van der Waals surface area contributed by atoms with E-state index in [0.29, 0.717) is 52.7 Å². The molecule has 2 amide bonds. The van der Waals surface area contributed by atoms with Gasteiger partial charge in [-0.2, -0.15) is 9.59 Å². The summed E-state index contributed by atoms with van der Waals surface area (Å²) in [5, 5.41) is 2.49. The Labute approximate surface area is 378 Å². The molecule has 0 unspecified atom stereocenters. The first-order valence-corrected chi connectivity index (χ1v) is 21.4. The van der Waals surface area contributed by atoms with E-state index in [9.17, 15) is 14.4 Å². The smallest absolute Gasteiger partial charge is 0.373 e. The first-order valence-electron chi connectivity index (χ1n) is 19.9. The molecule has 2 aliphatic rings. The fourth-order valence-corrected chi connectivity index (χ4v) is 8.03. The van der Waals surface area contributed by atoms with E-state index in [0.717, 1.165) is 84.3 Å². The van der Waals surface area contributed by atoms with Gasteiger partial charge in [-0.3, -0.25) is 24.2 Å². The molecule has 18 heteroatoms. The number of ether oxygens (including phenoxy) is 1. The van der Waals surface area contributed by atoms with Crippen LogP contribution >= 0.6 is 46.4 Å². The predicted molar refractivity (Wildman–Crippen MR) is 237 cm³/mol. The molecule has 2 saturated heterocycles. The Bertz CT molecular complexity index is 2510. The highest BCUT2D eigenvalue weighted by atomic mass is 35.5. The number of halogens is 4. The van der Waals surface area contributed by atoms with E-state index in [2.05, 4.69) is 11.8 Å². The third-order valence-electron chi connectivity index (χ3n) is 10.6. The molecule has 0 saturated carbocycles. The zero-order chi connectivity index (χ0) is 44.2. The molecule has 0 atom stereocenters. The van der Waals surface area contributed by atoms with Gasteiger partial charge in [-0.25, -0.2) is 9.97 Å². The molecule has 0 spiro atoms. The Kier molecular flexibility index (Phi) is 16.5. The molecular formula is C44H44Cl4N8O6. The number of carbonyl (C=O) groups is 3. The van der Waals surface area contributed by atoms with Gasteiger partial charge in [0.25, 0.3) is 6.47 Å². The van der Waals surface area contributed by atoms with Crippen LogP contribution in [0.25, 0.3) is 33.8 Å². The largest absolute Gasteiger partial charge is 0.452 e. The standard InChI is InChI=1S/C22H24Cl2N4O.C21H20Cl2N4O3.CO2/c1-2-9-26-10-12-27(13-11-26)21(29)14-19-22(16-3-5-17(23)6-4-16)25-20-8-7-18(24)15-28(19)20;22-16-3-1-15(2-4-16)21-18(27-12-17(23)5-6-19(27)24-21)11-20(29)26-9-7-25(8-10-26)13-30-14-28;2-1-3/h3-8,15H,2,9-14H2,1H3;1-6,12,14H,7-11,13H2;. The molecule has 6 heterocycles. The Balaban J connectivity index is 0.000000195. The zero-order valence-electron chi connectivity index (χ0n) is 33.9. The molecular weight excluding hydrogens is 878 g/mol. The fourth-order valence-electron chi connectivity index (χ4n) is 7.46. The van der Waals surface area contributed by atoms with E-state index in [-0.39, 0.29) is 37.5 Å². The van der Waals surface area contributed by atoms with E-state index < -0.39 is 0 Å². The number of aromatic nitrogens is 4. The lowest BCUT2D eigenvalue weighted by molar-refractivity contribution is -0.191. The molecule has 2 aromatic carbocycles. The molecule has 0 radical (unpaired) electrons. The van der Waals surface area contributed by atoms with E-state index >= 15 is 0 Å². The number of pyridine rings is 2. The van der Waals surface area contributed by atoms with Gasteiger partial charge < -0.3 is 23.3 Å². The van der Waals surface area contributed by atoms with Crippen molar-refractivity contribution in [2.75, 3.05) is 65.6 Å². The average Bonchev–Trinajstić information content (AvgIpc) is 3.81. The Morgan fingerprint density at radius 1 is 0.613 bits per heavy atom. The Morgan fingerprint density at radius 2 is 1.00 bits per heavy atom. The molecule has 0 N–H and O–H groups in total. The first-order chi connectivity index (χ1) is 30.0. The van der Waals surface area contributed by atoms with Gasteiger partial charge in [0.2, 0.25) is 11.8 Å². The van der Waals surface area contributed by atoms with Gasteiger partial charge in [0.1, 0.15) is 18.0 Å². The minimum absolute atomic E-state index is 0.0166. The Morgan fingerprint density at radius 3 is 1.39 bits per heavy atom. The van der Waals surface area contributed by atoms with Crippen molar-refractivity contribution in [3.8, 4) is 22.5 Å². The van der Waals surface area contributed by atoms with Crippen molar-refractivity contribution < 1.29 is 28.7 Å². The molecule has 4 aromatic heterocycles. The van der Waals surface area contributed by atoms with Crippen LogP contribution in [0, 0.1) is 0 Å². The first kappa shape index (κ1) is 46.2. The van der Waals surface area contributed by atoms with Crippen LogP contribution in [0.15, 0.2) is 85.2 Å². The van der Waals surface area contributed by atoms with Crippen LogP contribution in [-0.4, -0.2) is 128 Å². The van der Waals surface area contributed by atoms with E-state index in [1.54, 1.807) is 24.4 Å². The Hall–Kier alpha value is -5.31. The monoisotopic (exact) mass is 920 g/mol. The molecule has 324 valence electrons. The van der Waals surface area contributed by atoms with Crippen LogP contribution in [0.2, 0.25) is 20.1 Å². The lowest BCUT2D eigenvalue weighted by atomic mass is 10.1. The van der Waals surface area contributed by atoms with Gasteiger partial charge in [0.05, 0.1) is 45.7 Å². The highest BCUT2D eigenvalue weighted by Crippen LogP contribution is 2.30. The van der Waals surface area contributed by atoms with Crippen LogP contribution in [0.1, 0.15) is 24.7 Å². The van der Waals surface area contributed by atoms with Crippen molar-refractivity contribution in [1.82, 2.24) is 38.4 Å². The van der Waals surface area contributed by atoms with Crippen LogP contribution in [-0.2, 0) is 41.6 Å². The second kappa shape index (κ2) is 22.2. The third kappa shape index (κ3) is 11.8. The number of carbonyl (C=O) groups excluding carboxylic acids is 5. The third-order valence-corrected chi connectivity index (χ3v) is 11.5. The number of piperazine rings is 2. The number of rotatable bonds is 11. The number of hydrogen-bond acceptors (Lipinski definition) is 10. The minimum Gasteiger partial charge on any atom is -0.452 e. The van der Waals surface area contributed by atoms with Gasteiger partial charge in [-0.15, -0.1) is 0 Å². The van der Waals surface area contributed by atoms with Crippen molar-refractivity contribution in [2.24, 2.45) is 0 Å². The topological polar surface area (TPSA) is 142 Å². The van der Waals surface area contributed by atoms with Crippen molar-refractivity contribution in [3.63, 3.8) is 0 Å². The molecule has 6 aromatic rings. The van der Waals surface area contributed by atoms with Crippen LogP contribution in [0.5, 0.6) is 0 Å². The summed E-state index contributed by atoms with van der Waals surface area (Å²) in [7, 11) is 0. The number of hydrogen-bond donors (Lipinski definition) is 0. The summed E-state index contributed by atoms with van der Waals surface area (Å²) in [6.45, 7) is 9.84. The number of benzene rings is 2. The summed E-state index contributed by atoms with van der Waals surface area (Å²) in [6.07, 6.45) is 5.48. The normalized spacial score (nSPS) is 14.4. The maximum absolute atomic E-state index is 13.1. The van der Waals surface area contributed by atoms with Gasteiger partial charge in [-0.1, -0.05) is 77.6 Å². The fraction of sp³-hybridized carbons (Fsp3) is 0.318. The molecule has 0 bridgehead atoms. The highest BCUT2D eigenvalue weighted by molar-refractivity contribution is 6.31. The van der Waals surface area contributed by atoms with Gasteiger partial charge in [-0.05, 0) is 61.5 Å². The van der Waals surface area contributed by atoms with Crippen molar-refractivity contribution >= 4 is 82.1 Å². The van der Waals surface area contributed by atoms with Gasteiger partial charge in [0.15, 0.2) is 0 Å². The summed E-state index contributed by atoms with van der Waals surface area (Å²) in [5.41, 5.74) is 6.49. The summed E-state index contributed by atoms with van der Waals surface area (Å²) in [5.74, 6) is 0.140. The summed E-state index contributed by atoms with van der Waals surface area (Å²) in [6, 6.07) is 22.2. The molecule has 0 aliphatic carbocycles. The van der Waals surface area contributed by atoms with Crippen molar-refractivity contribution in [1.29, 1.82) is 0 Å². The number of nitrogens with zero attached hydrogens (tertiary/aromatic N) is 8. The van der Waals surface area contributed by atoms with E-state index in [1.807, 2.05) is 84.3 Å². The number of amides is 2. The molecule has 8 rings (SSSR count). The lowest BCUT2D eigenvalue weighted by Crippen LogP contribution is -2.49. The lowest BCUT2D eigenvalue weighted by Gasteiger charge is -2.34. The minimum atomic E-state index is 0.0166. The second-order valence-corrected chi connectivity index (χ2v) is 16.3. The van der Waals surface area contributed by atoms with E-state index in [4.69, 9.17) is 70.7 Å². The van der Waals surface area contributed by atoms with E-state index in [1.165, 1.54) is 0 Å². The summed E-state index contributed by atoms with van der Waals surface area (Å²) in [4.78, 5) is 70.5.